The molecule has 2 N–H and O–H groups in total. The van der Waals surface area contributed by atoms with Crippen LogP contribution in [0.25, 0.3) is 11.3 Å². The van der Waals surface area contributed by atoms with Gasteiger partial charge in [0.1, 0.15) is 36.6 Å². The average molecular weight is 327 g/mol. The summed E-state index contributed by atoms with van der Waals surface area (Å²) in [5.74, 6) is 0.921. The SMILES string of the molecule is c1ccc(-c2cn([C@H]3CO[C@H]4[C@@H]3OC[C@@H]4[NH2+]CC3CC3)nn2)cc1. The molecule has 3 aliphatic rings. The summed E-state index contributed by atoms with van der Waals surface area (Å²) in [7, 11) is 0. The first-order valence-electron chi connectivity index (χ1n) is 8.92. The summed E-state index contributed by atoms with van der Waals surface area (Å²) in [6.45, 7) is 2.65. The van der Waals surface area contributed by atoms with Crippen molar-refractivity contribution in [1.29, 1.82) is 0 Å². The van der Waals surface area contributed by atoms with Crippen LogP contribution in [0.5, 0.6) is 0 Å². The van der Waals surface area contributed by atoms with E-state index in [1.165, 1.54) is 19.4 Å². The first-order chi connectivity index (χ1) is 11.9. The van der Waals surface area contributed by atoms with Crippen LogP contribution < -0.4 is 5.32 Å². The third-order valence-corrected chi connectivity index (χ3v) is 5.45. The Morgan fingerprint density at radius 3 is 2.75 bits per heavy atom. The molecule has 1 aromatic carbocycles. The highest BCUT2D eigenvalue weighted by Gasteiger charge is 2.51. The standard InChI is InChI=1S/C18H22N4O2/c1-2-4-13(5-3-1)14-9-22(21-20-14)16-11-24-17-15(10-23-18(16)17)19-8-12-6-7-12/h1-5,9,12,15-19H,6-8,10-11H2/p+1/t15-,16-,17+,18+/m0/s1. The summed E-state index contributed by atoms with van der Waals surface area (Å²) in [6, 6.07) is 10.7. The fraction of sp³-hybridized carbons (Fsp3) is 0.556. The Morgan fingerprint density at radius 2 is 1.92 bits per heavy atom. The number of nitrogens with two attached hydrogens (primary N) is 1. The largest absolute Gasteiger partial charge is 0.367 e. The Hall–Kier alpha value is -1.76. The smallest absolute Gasteiger partial charge is 0.140 e. The molecular formula is C18H23N4O2+. The first-order valence-corrected chi connectivity index (χ1v) is 8.92. The molecule has 1 aromatic heterocycles. The van der Waals surface area contributed by atoms with Crippen molar-refractivity contribution in [2.75, 3.05) is 19.8 Å². The fourth-order valence-electron chi connectivity index (χ4n) is 3.84. The number of benzene rings is 1. The molecule has 3 fully saturated rings. The van der Waals surface area contributed by atoms with Crippen LogP contribution in [-0.4, -0.2) is 53.0 Å². The Morgan fingerprint density at radius 1 is 1.08 bits per heavy atom. The molecule has 2 aliphatic heterocycles. The third-order valence-electron chi connectivity index (χ3n) is 5.45. The number of nitrogens with zero attached hydrogens (tertiary/aromatic N) is 3. The van der Waals surface area contributed by atoms with E-state index in [0.29, 0.717) is 12.6 Å². The molecule has 4 atom stereocenters. The van der Waals surface area contributed by atoms with Gasteiger partial charge in [-0.3, -0.25) is 0 Å². The Balaban J connectivity index is 1.29. The van der Waals surface area contributed by atoms with Gasteiger partial charge >= 0.3 is 0 Å². The average Bonchev–Trinajstić information content (AvgIpc) is 3.01. The van der Waals surface area contributed by atoms with Crippen LogP contribution in [0.15, 0.2) is 36.5 Å². The van der Waals surface area contributed by atoms with Crippen LogP contribution in [0.1, 0.15) is 18.9 Å². The van der Waals surface area contributed by atoms with Crippen molar-refractivity contribution in [3.05, 3.63) is 36.5 Å². The van der Waals surface area contributed by atoms with Crippen LogP contribution in [0, 0.1) is 5.92 Å². The number of quaternary nitrogens is 1. The molecular weight excluding hydrogens is 304 g/mol. The van der Waals surface area contributed by atoms with Crippen molar-refractivity contribution in [3.8, 4) is 11.3 Å². The minimum absolute atomic E-state index is 0.0933. The van der Waals surface area contributed by atoms with Crippen molar-refractivity contribution in [2.24, 2.45) is 5.92 Å². The number of ether oxygens (including phenoxy) is 2. The summed E-state index contributed by atoms with van der Waals surface area (Å²) < 4.78 is 14.1. The fourth-order valence-corrected chi connectivity index (χ4v) is 3.84. The molecule has 6 heteroatoms. The molecule has 0 amide bonds. The molecule has 6 nitrogen and oxygen atoms in total. The lowest BCUT2D eigenvalue weighted by molar-refractivity contribution is -0.695. The normalized spacial score (nSPS) is 32.2. The van der Waals surface area contributed by atoms with E-state index in [0.717, 1.165) is 23.8 Å². The topological polar surface area (TPSA) is 65.8 Å². The zero-order valence-electron chi connectivity index (χ0n) is 13.6. The van der Waals surface area contributed by atoms with E-state index in [9.17, 15) is 0 Å². The van der Waals surface area contributed by atoms with Gasteiger partial charge in [0.2, 0.25) is 0 Å². The molecule has 126 valence electrons. The second-order valence-electron chi connectivity index (χ2n) is 7.19. The molecule has 1 saturated carbocycles. The van der Waals surface area contributed by atoms with Crippen molar-refractivity contribution in [1.82, 2.24) is 15.0 Å². The summed E-state index contributed by atoms with van der Waals surface area (Å²) in [4.78, 5) is 0. The van der Waals surface area contributed by atoms with E-state index < -0.39 is 0 Å². The molecule has 2 saturated heterocycles. The Bertz CT molecular complexity index is 700. The van der Waals surface area contributed by atoms with Gasteiger partial charge in [-0.25, -0.2) is 4.68 Å². The quantitative estimate of drug-likeness (QED) is 0.875. The highest BCUT2D eigenvalue weighted by molar-refractivity contribution is 5.57. The molecule has 24 heavy (non-hydrogen) atoms. The van der Waals surface area contributed by atoms with E-state index in [2.05, 4.69) is 27.8 Å². The monoisotopic (exact) mass is 327 g/mol. The first kappa shape index (κ1) is 14.6. The van der Waals surface area contributed by atoms with Gasteiger partial charge in [-0.2, -0.15) is 0 Å². The van der Waals surface area contributed by atoms with E-state index in [4.69, 9.17) is 9.47 Å². The van der Waals surface area contributed by atoms with Crippen LogP contribution in [0.2, 0.25) is 0 Å². The summed E-state index contributed by atoms with van der Waals surface area (Å²) in [5.41, 5.74) is 1.98. The van der Waals surface area contributed by atoms with Gasteiger partial charge in [0.15, 0.2) is 0 Å². The molecule has 0 bridgehead atoms. The molecule has 0 radical (unpaired) electrons. The van der Waals surface area contributed by atoms with Gasteiger partial charge < -0.3 is 14.8 Å². The van der Waals surface area contributed by atoms with E-state index in [-0.39, 0.29) is 18.2 Å². The second kappa shape index (κ2) is 5.95. The molecule has 2 aromatic rings. The van der Waals surface area contributed by atoms with Crippen LogP contribution in [0.3, 0.4) is 0 Å². The summed E-state index contributed by atoms with van der Waals surface area (Å²) >= 11 is 0. The zero-order chi connectivity index (χ0) is 15.9. The molecule has 0 spiro atoms. The lowest BCUT2D eigenvalue weighted by atomic mass is 10.1. The van der Waals surface area contributed by atoms with Crippen LogP contribution >= 0.6 is 0 Å². The maximum Gasteiger partial charge on any atom is 0.140 e. The van der Waals surface area contributed by atoms with Crippen molar-refractivity contribution < 1.29 is 14.8 Å². The van der Waals surface area contributed by atoms with Gasteiger partial charge in [-0.05, 0) is 12.8 Å². The van der Waals surface area contributed by atoms with E-state index >= 15 is 0 Å². The van der Waals surface area contributed by atoms with Gasteiger partial charge in [0.25, 0.3) is 0 Å². The van der Waals surface area contributed by atoms with Crippen LogP contribution in [-0.2, 0) is 9.47 Å². The van der Waals surface area contributed by atoms with E-state index in [1.807, 2.05) is 29.1 Å². The molecule has 5 rings (SSSR count). The van der Waals surface area contributed by atoms with Crippen molar-refractivity contribution in [2.45, 2.75) is 37.1 Å². The summed E-state index contributed by atoms with van der Waals surface area (Å²) in [6.07, 6.45) is 5.07. The maximum atomic E-state index is 6.08. The number of hydrogen-bond donors (Lipinski definition) is 1. The molecule has 1 aliphatic carbocycles. The lowest BCUT2D eigenvalue weighted by Gasteiger charge is -2.15. The second-order valence-corrected chi connectivity index (χ2v) is 7.19. The highest BCUT2D eigenvalue weighted by Crippen LogP contribution is 2.34. The molecule has 0 unspecified atom stereocenters. The van der Waals surface area contributed by atoms with Gasteiger partial charge in [0.05, 0.1) is 19.3 Å². The minimum atomic E-state index is 0.0933. The van der Waals surface area contributed by atoms with Gasteiger partial charge in [0, 0.05) is 11.5 Å². The van der Waals surface area contributed by atoms with Crippen LogP contribution in [0.4, 0.5) is 0 Å². The highest BCUT2D eigenvalue weighted by atomic mass is 16.6. The van der Waals surface area contributed by atoms with Gasteiger partial charge in [-0.1, -0.05) is 35.5 Å². The Labute approximate surface area is 141 Å². The predicted molar refractivity (Wildman–Crippen MR) is 87.3 cm³/mol. The molecule has 3 heterocycles. The van der Waals surface area contributed by atoms with Gasteiger partial charge in [-0.15, -0.1) is 5.10 Å². The summed E-state index contributed by atoms with van der Waals surface area (Å²) in [5, 5.41) is 11.1. The minimum Gasteiger partial charge on any atom is -0.367 e. The van der Waals surface area contributed by atoms with Crippen molar-refractivity contribution >= 4 is 0 Å². The lowest BCUT2D eigenvalue weighted by Crippen LogP contribution is -2.93. The number of aromatic nitrogens is 3. The Kier molecular flexibility index (Phi) is 3.61. The number of fused-ring (bicyclic) bond motifs is 1. The van der Waals surface area contributed by atoms with Crippen molar-refractivity contribution in [3.63, 3.8) is 0 Å². The predicted octanol–water partition coefficient (Wildman–Crippen LogP) is 0.626. The number of hydrogen-bond acceptors (Lipinski definition) is 4. The number of rotatable bonds is 5. The zero-order valence-corrected chi connectivity index (χ0v) is 13.6. The maximum absolute atomic E-state index is 6.08. The third kappa shape index (κ3) is 2.64. The van der Waals surface area contributed by atoms with E-state index in [1.54, 1.807) is 0 Å².